The molecule has 0 aliphatic heterocycles. The Morgan fingerprint density at radius 3 is 2.68 bits per heavy atom. The topological polar surface area (TPSA) is 47.6 Å². The van der Waals surface area contributed by atoms with E-state index < -0.39 is 5.41 Å². The van der Waals surface area contributed by atoms with E-state index >= 15 is 0 Å². The quantitative estimate of drug-likeness (QED) is 0.833. The minimum Gasteiger partial charge on any atom is -0.495 e. The molecule has 1 aromatic carbocycles. The van der Waals surface area contributed by atoms with Gasteiger partial charge >= 0.3 is 5.97 Å². The predicted molar refractivity (Wildman–Crippen MR) is 69.7 cm³/mol. The molecule has 1 saturated carbocycles. The fourth-order valence-corrected chi connectivity index (χ4v) is 2.36. The second-order valence-electron chi connectivity index (χ2n) is 4.82. The smallest absolute Gasteiger partial charge is 0.313 e. The first-order valence-corrected chi connectivity index (χ1v) is 6.27. The molecule has 0 bridgehead atoms. The normalized spacial score (nSPS) is 16.4. The summed E-state index contributed by atoms with van der Waals surface area (Å²) in [7, 11) is 2.92. The minimum atomic E-state index is -0.480. The monoisotopic (exact) mass is 267 g/mol. The van der Waals surface area contributed by atoms with Gasteiger partial charge in [0.15, 0.2) is 0 Å². The summed E-state index contributed by atoms with van der Waals surface area (Å²) in [5, 5.41) is 3.10. The van der Waals surface area contributed by atoms with Crippen LogP contribution in [-0.4, -0.2) is 26.7 Å². The summed E-state index contributed by atoms with van der Waals surface area (Å²) in [5.74, 6) is 0.00591. The van der Waals surface area contributed by atoms with E-state index in [-0.39, 0.29) is 11.8 Å². The van der Waals surface area contributed by atoms with Crippen LogP contribution >= 0.6 is 0 Å². The molecule has 1 N–H and O–H groups in total. The molecule has 1 aliphatic carbocycles. The Balaban J connectivity index is 2.09. The number of hydrogen-bond acceptors (Lipinski definition) is 4. The number of rotatable bonds is 5. The van der Waals surface area contributed by atoms with Crippen LogP contribution in [0, 0.1) is 11.2 Å². The number of ether oxygens (including phenoxy) is 2. The fourth-order valence-electron chi connectivity index (χ4n) is 2.36. The Kier molecular flexibility index (Phi) is 3.93. The lowest BCUT2D eigenvalue weighted by Crippen LogP contribution is -2.44. The van der Waals surface area contributed by atoms with E-state index in [1.807, 2.05) is 0 Å². The number of methoxy groups -OCH3 is 2. The molecule has 1 fully saturated rings. The molecule has 0 aromatic heterocycles. The van der Waals surface area contributed by atoms with Crippen molar-refractivity contribution in [3.05, 3.63) is 24.0 Å². The van der Waals surface area contributed by atoms with Gasteiger partial charge in [-0.1, -0.05) is 6.42 Å². The largest absolute Gasteiger partial charge is 0.495 e. The van der Waals surface area contributed by atoms with Crippen molar-refractivity contribution in [3.8, 4) is 5.75 Å². The molecule has 5 heteroatoms. The van der Waals surface area contributed by atoms with Crippen molar-refractivity contribution in [3.63, 3.8) is 0 Å². The number of esters is 1. The zero-order valence-corrected chi connectivity index (χ0v) is 11.2. The molecule has 104 valence electrons. The third-order valence-corrected chi connectivity index (χ3v) is 3.71. The van der Waals surface area contributed by atoms with E-state index in [0.29, 0.717) is 18.0 Å². The minimum absolute atomic E-state index is 0.207. The van der Waals surface area contributed by atoms with E-state index in [9.17, 15) is 9.18 Å². The first-order valence-electron chi connectivity index (χ1n) is 6.27. The number of anilines is 1. The van der Waals surface area contributed by atoms with Crippen LogP contribution in [0.15, 0.2) is 18.2 Å². The highest BCUT2D eigenvalue weighted by Gasteiger charge is 2.45. The van der Waals surface area contributed by atoms with Gasteiger partial charge in [-0.15, -0.1) is 0 Å². The van der Waals surface area contributed by atoms with Gasteiger partial charge < -0.3 is 14.8 Å². The predicted octanol–water partition coefficient (Wildman–Crippen LogP) is 2.59. The van der Waals surface area contributed by atoms with Crippen LogP contribution in [0.25, 0.3) is 0 Å². The van der Waals surface area contributed by atoms with Crippen molar-refractivity contribution >= 4 is 11.7 Å². The maximum absolute atomic E-state index is 13.2. The van der Waals surface area contributed by atoms with Gasteiger partial charge in [-0.2, -0.15) is 0 Å². The molecule has 19 heavy (non-hydrogen) atoms. The van der Waals surface area contributed by atoms with E-state index in [0.717, 1.165) is 19.3 Å². The summed E-state index contributed by atoms with van der Waals surface area (Å²) >= 11 is 0. The van der Waals surface area contributed by atoms with Crippen LogP contribution in [0.3, 0.4) is 0 Å². The lowest BCUT2D eigenvalue weighted by atomic mass is 9.68. The van der Waals surface area contributed by atoms with Crippen molar-refractivity contribution in [1.29, 1.82) is 0 Å². The van der Waals surface area contributed by atoms with Gasteiger partial charge in [0.1, 0.15) is 11.6 Å². The van der Waals surface area contributed by atoms with Crippen LogP contribution in [0.4, 0.5) is 10.1 Å². The third-order valence-electron chi connectivity index (χ3n) is 3.71. The third kappa shape index (κ3) is 2.64. The summed E-state index contributed by atoms with van der Waals surface area (Å²) in [6.45, 7) is 0.430. The lowest BCUT2D eigenvalue weighted by molar-refractivity contribution is -0.157. The zero-order chi connectivity index (χ0) is 13.9. The Hall–Kier alpha value is -1.78. The SMILES string of the molecule is COC(=O)C1(CNc2cc(F)ccc2OC)CCC1. The van der Waals surface area contributed by atoms with Crippen LogP contribution in [-0.2, 0) is 9.53 Å². The van der Waals surface area contributed by atoms with Crippen molar-refractivity contribution < 1.29 is 18.7 Å². The average molecular weight is 267 g/mol. The molecule has 0 spiro atoms. The van der Waals surface area contributed by atoms with Gasteiger partial charge in [0, 0.05) is 12.6 Å². The summed E-state index contributed by atoms with van der Waals surface area (Å²) in [6, 6.07) is 4.26. The molecule has 1 aliphatic rings. The lowest BCUT2D eigenvalue weighted by Gasteiger charge is -2.39. The maximum Gasteiger partial charge on any atom is 0.313 e. The van der Waals surface area contributed by atoms with Crippen molar-refractivity contribution in [1.82, 2.24) is 0 Å². The summed E-state index contributed by atoms with van der Waals surface area (Å²) in [4.78, 5) is 11.8. The van der Waals surface area contributed by atoms with Crippen LogP contribution in [0.1, 0.15) is 19.3 Å². The highest BCUT2D eigenvalue weighted by Crippen LogP contribution is 2.42. The molecule has 0 heterocycles. The van der Waals surface area contributed by atoms with Gasteiger partial charge in [0.05, 0.1) is 25.3 Å². The Morgan fingerprint density at radius 2 is 2.16 bits per heavy atom. The molecule has 0 amide bonds. The molecule has 0 unspecified atom stereocenters. The van der Waals surface area contributed by atoms with Gasteiger partial charge in [-0.05, 0) is 25.0 Å². The standard InChI is InChI=1S/C14H18FNO3/c1-18-12-5-4-10(15)8-11(12)16-9-14(6-3-7-14)13(17)19-2/h4-5,8,16H,3,6-7,9H2,1-2H3. The Morgan fingerprint density at radius 1 is 1.42 bits per heavy atom. The highest BCUT2D eigenvalue weighted by molar-refractivity contribution is 5.78. The molecular formula is C14H18FNO3. The van der Waals surface area contributed by atoms with E-state index in [1.165, 1.54) is 26.4 Å². The summed E-state index contributed by atoms with van der Waals surface area (Å²) in [6.07, 6.45) is 2.60. The summed E-state index contributed by atoms with van der Waals surface area (Å²) < 4.78 is 23.2. The first-order chi connectivity index (χ1) is 9.11. The molecule has 1 aromatic rings. The molecule has 4 nitrogen and oxygen atoms in total. The molecule has 0 radical (unpaired) electrons. The number of halogens is 1. The Bertz CT molecular complexity index is 472. The molecule has 0 atom stereocenters. The fraction of sp³-hybridized carbons (Fsp3) is 0.500. The van der Waals surface area contributed by atoms with Crippen LogP contribution in [0.5, 0.6) is 5.75 Å². The second kappa shape index (κ2) is 5.47. The summed E-state index contributed by atoms with van der Waals surface area (Å²) in [5.41, 5.74) is 0.0733. The van der Waals surface area contributed by atoms with Crippen LogP contribution < -0.4 is 10.1 Å². The second-order valence-corrected chi connectivity index (χ2v) is 4.82. The number of hydrogen-bond donors (Lipinski definition) is 1. The van der Waals surface area contributed by atoms with E-state index in [2.05, 4.69) is 5.32 Å². The highest BCUT2D eigenvalue weighted by atomic mass is 19.1. The number of carbonyl (C=O) groups is 1. The number of carbonyl (C=O) groups excluding carboxylic acids is 1. The van der Waals surface area contributed by atoms with E-state index in [4.69, 9.17) is 9.47 Å². The van der Waals surface area contributed by atoms with Gasteiger partial charge in [0.25, 0.3) is 0 Å². The van der Waals surface area contributed by atoms with Gasteiger partial charge in [-0.25, -0.2) is 4.39 Å². The van der Waals surface area contributed by atoms with Crippen LogP contribution in [0.2, 0.25) is 0 Å². The van der Waals surface area contributed by atoms with Gasteiger partial charge in [0.2, 0.25) is 0 Å². The molecule has 2 rings (SSSR count). The number of nitrogens with one attached hydrogen (secondary N) is 1. The maximum atomic E-state index is 13.2. The van der Waals surface area contributed by atoms with Crippen molar-refractivity contribution in [2.24, 2.45) is 5.41 Å². The average Bonchev–Trinajstić information content (AvgIpc) is 2.37. The van der Waals surface area contributed by atoms with Crippen molar-refractivity contribution in [2.75, 3.05) is 26.1 Å². The van der Waals surface area contributed by atoms with Crippen molar-refractivity contribution in [2.45, 2.75) is 19.3 Å². The van der Waals surface area contributed by atoms with Gasteiger partial charge in [-0.3, -0.25) is 4.79 Å². The van der Waals surface area contributed by atoms with E-state index in [1.54, 1.807) is 6.07 Å². The zero-order valence-electron chi connectivity index (χ0n) is 11.2. The number of benzene rings is 1. The first kappa shape index (κ1) is 13.6. The molecule has 0 saturated heterocycles. The molecular weight excluding hydrogens is 249 g/mol. The Labute approximate surface area is 111 Å².